The fourth-order valence-electron chi connectivity index (χ4n) is 2.18. The molecular formula is C14H23NO5. The molecule has 1 aliphatic heterocycles. The molecule has 2 rings (SSSR count). The molecule has 0 radical (unpaired) electrons. The van der Waals surface area contributed by atoms with Gasteiger partial charge in [-0.1, -0.05) is 0 Å². The van der Waals surface area contributed by atoms with Crippen LogP contribution >= 0.6 is 0 Å². The Morgan fingerprint density at radius 2 is 2.45 bits per heavy atom. The first-order valence-corrected chi connectivity index (χ1v) is 6.86. The van der Waals surface area contributed by atoms with Gasteiger partial charge in [0.1, 0.15) is 18.0 Å². The monoisotopic (exact) mass is 285 g/mol. The van der Waals surface area contributed by atoms with Crippen LogP contribution in [0.25, 0.3) is 0 Å². The average Bonchev–Trinajstić information content (AvgIpc) is 3.10. The fourth-order valence-corrected chi connectivity index (χ4v) is 2.18. The molecule has 0 bridgehead atoms. The van der Waals surface area contributed by atoms with Gasteiger partial charge in [0, 0.05) is 33.2 Å². The zero-order valence-electron chi connectivity index (χ0n) is 11.8. The van der Waals surface area contributed by atoms with Crippen molar-refractivity contribution in [2.75, 3.05) is 40.0 Å². The number of nitrogens with one attached hydrogen (secondary N) is 1. The number of ether oxygens (including phenoxy) is 3. The van der Waals surface area contributed by atoms with Crippen molar-refractivity contribution in [3.63, 3.8) is 0 Å². The number of hydrogen-bond acceptors (Lipinski definition) is 6. The van der Waals surface area contributed by atoms with Crippen molar-refractivity contribution in [1.82, 2.24) is 5.32 Å². The summed E-state index contributed by atoms with van der Waals surface area (Å²) in [6.07, 6.45) is 1.92. The number of aliphatic hydroxyl groups is 1. The molecule has 20 heavy (non-hydrogen) atoms. The van der Waals surface area contributed by atoms with E-state index < -0.39 is 6.10 Å². The van der Waals surface area contributed by atoms with E-state index in [0.717, 1.165) is 18.8 Å². The Kier molecular flexibility index (Phi) is 6.00. The number of aliphatic hydroxyl groups excluding tert-OH is 1. The van der Waals surface area contributed by atoms with Crippen molar-refractivity contribution in [2.45, 2.75) is 24.7 Å². The standard InChI is InChI=1S/C14H23NO5/c1-17-14(4-6-18-11-14)10-15-7-12(16)8-19-9-13-3-2-5-20-13/h2-3,5,12,15-16H,4,6-11H2,1H3. The van der Waals surface area contributed by atoms with Gasteiger partial charge in [0.05, 0.1) is 25.6 Å². The van der Waals surface area contributed by atoms with E-state index in [0.29, 0.717) is 26.3 Å². The third-order valence-corrected chi connectivity index (χ3v) is 3.46. The third-order valence-electron chi connectivity index (χ3n) is 3.46. The summed E-state index contributed by atoms with van der Waals surface area (Å²) in [5.41, 5.74) is -0.255. The first kappa shape index (κ1) is 15.5. The van der Waals surface area contributed by atoms with Gasteiger partial charge in [-0.15, -0.1) is 0 Å². The van der Waals surface area contributed by atoms with Crippen molar-refractivity contribution >= 4 is 0 Å². The molecule has 1 aromatic heterocycles. The van der Waals surface area contributed by atoms with Crippen LogP contribution < -0.4 is 5.32 Å². The molecule has 1 fully saturated rings. The summed E-state index contributed by atoms with van der Waals surface area (Å²) in [6.45, 7) is 3.10. The van der Waals surface area contributed by atoms with Gasteiger partial charge in [0.15, 0.2) is 0 Å². The Hall–Kier alpha value is -0.920. The summed E-state index contributed by atoms with van der Waals surface area (Å²) >= 11 is 0. The quantitative estimate of drug-likeness (QED) is 0.690. The summed E-state index contributed by atoms with van der Waals surface area (Å²) < 4.78 is 21.4. The van der Waals surface area contributed by atoms with E-state index in [2.05, 4.69) is 5.32 Å². The molecular weight excluding hydrogens is 262 g/mol. The number of methoxy groups -OCH3 is 1. The lowest BCUT2D eigenvalue weighted by molar-refractivity contribution is -0.0208. The van der Waals surface area contributed by atoms with Crippen molar-refractivity contribution < 1.29 is 23.7 Å². The van der Waals surface area contributed by atoms with Gasteiger partial charge in [-0.2, -0.15) is 0 Å². The van der Waals surface area contributed by atoms with E-state index in [1.807, 2.05) is 12.1 Å². The highest BCUT2D eigenvalue weighted by atomic mass is 16.5. The van der Waals surface area contributed by atoms with E-state index in [1.165, 1.54) is 0 Å². The minimum Gasteiger partial charge on any atom is -0.467 e. The lowest BCUT2D eigenvalue weighted by atomic mass is 10.0. The van der Waals surface area contributed by atoms with Crippen LogP contribution in [0, 0.1) is 0 Å². The van der Waals surface area contributed by atoms with Crippen molar-refractivity contribution in [1.29, 1.82) is 0 Å². The molecule has 0 aromatic carbocycles. The van der Waals surface area contributed by atoms with Gasteiger partial charge in [-0.3, -0.25) is 0 Å². The molecule has 2 atom stereocenters. The highest BCUT2D eigenvalue weighted by molar-refractivity contribution is 4.96. The van der Waals surface area contributed by atoms with Gasteiger partial charge in [0.25, 0.3) is 0 Å². The largest absolute Gasteiger partial charge is 0.467 e. The van der Waals surface area contributed by atoms with Crippen LogP contribution in [0.15, 0.2) is 22.8 Å². The van der Waals surface area contributed by atoms with Crippen molar-refractivity contribution in [3.05, 3.63) is 24.2 Å². The molecule has 114 valence electrons. The van der Waals surface area contributed by atoms with Crippen LogP contribution in [0.5, 0.6) is 0 Å². The normalized spacial score (nSPS) is 24.1. The van der Waals surface area contributed by atoms with Gasteiger partial charge in [-0.25, -0.2) is 0 Å². The summed E-state index contributed by atoms with van der Waals surface area (Å²) in [4.78, 5) is 0. The van der Waals surface area contributed by atoms with Crippen molar-refractivity contribution in [2.24, 2.45) is 0 Å². The Morgan fingerprint density at radius 3 is 3.10 bits per heavy atom. The van der Waals surface area contributed by atoms with Crippen LogP contribution in [0.4, 0.5) is 0 Å². The summed E-state index contributed by atoms with van der Waals surface area (Å²) in [5, 5.41) is 13.0. The van der Waals surface area contributed by atoms with E-state index in [-0.39, 0.29) is 12.2 Å². The molecule has 0 amide bonds. The first-order valence-electron chi connectivity index (χ1n) is 6.86. The molecule has 0 aliphatic carbocycles. The van der Waals surface area contributed by atoms with Crippen LogP contribution in [-0.4, -0.2) is 56.8 Å². The second-order valence-electron chi connectivity index (χ2n) is 5.07. The van der Waals surface area contributed by atoms with Crippen molar-refractivity contribution in [3.8, 4) is 0 Å². The molecule has 2 unspecified atom stereocenters. The van der Waals surface area contributed by atoms with Gasteiger partial charge < -0.3 is 29.1 Å². The van der Waals surface area contributed by atoms with Crippen LogP contribution in [0.3, 0.4) is 0 Å². The lowest BCUT2D eigenvalue weighted by Crippen LogP contribution is -2.45. The molecule has 1 aromatic rings. The number of rotatable bonds is 9. The predicted octanol–water partition coefficient (Wildman–Crippen LogP) is 0.552. The van der Waals surface area contributed by atoms with Crippen LogP contribution in [-0.2, 0) is 20.8 Å². The Morgan fingerprint density at radius 1 is 1.55 bits per heavy atom. The molecule has 2 heterocycles. The van der Waals surface area contributed by atoms with E-state index in [9.17, 15) is 5.11 Å². The predicted molar refractivity (Wildman–Crippen MR) is 72.4 cm³/mol. The van der Waals surface area contributed by atoms with Gasteiger partial charge in [0.2, 0.25) is 0 Å². The molecule has 0 spiro atoms. The second-order valence-corrected chi connectivity index (χ2v) is 5.07. The molecule has 0 saturated carbocycles. The maximum atomic E-state index is 9.82. The molecule has 6 heteroatoms. The van der Waals surface area contributed by atoms with E-state index in [4.69, 9.17) is 18.6 Å². The Labute approximate surface area is 119 Å². The summed E-state index contributed by atoms with van der Waals surface area (Å²) in [5.74, 6) is 0.756. The molecule has 6 nitrogen and oxygen atoms in total. The van der Waals surface area contributed by atoms with E-state index in [1.54, 1.807) is 13.4 Å². The van der Waals surface area contributed by atoms with Crippen LogP contribution in [0.2, 0.25) is 0 Å². The topological polar surface area (TPSA) is 73.1 Å². The second kappa shape index (κ2) is 7.75. The van der Waals surface area contributed by atoms with Gasteiger partial charge >= 0.3 is 0 Å². The molecule has 1 aliphatic rings. The molecule has 1 saturated heterocycles. The first-order chi connectivity index (χ1) is 9.74. The summed E-state index contributed by atoms with van der Waals surface area (Å²) in [7, 11) is 1.69. The number of furan rings is 1. The Bertz CT molecular complexity index is 362. The zero-order chi connectivity index (χ0) is 14.3. The van der Waals surface area contributed by atoms with Crippen LogP contribution in [0.1, 0.15) is 12.2 Å². The highest BCUT2D eigenvalue weighted by Gasteiger charge is 2.34. The fraction of sp³-hybridized carbons (Fsp3) is 0.714. The molecule has 2 N–H and O–H groups in total. The summed E-state index contributed by atoms with van der Waals surface area (Å²) in [6, 6.07) is 3.65. The maximum Gasteiger partial charge on any atom is 0.129 e. The number of hydrogen-bond donors (Lipinski definition) is 2. The third kappa shape index (κ3) is 4.57. The smallest absolute Gasteiger partial charge is 0.129 e. The lowest BCUT2D eigenvalue weighted by Gasteiger charge is -2.26. The SMILES string of the molecule is COC1(CNCC(O)COCc2ccco2)CCOC1. The highest BCUT2D eigenvalue weighted by Crippen LogP contribution is 2.21. The maximum absolute atomic E-state index is 9.82. The average molecular weight is 285 g/mol. The Balaban J connectivity index is 1.56. The minimum atomic E-state index is -0.554. The van der Waals surface area contributed by atoms with Gasteiger partial charge in [-0.05, 0) is 12.1 Å². The minimum absolute atomic E-state index is 0.255. The zero-order valence-corrected chi connectivity index (χ0v) is 11.8. The van der Waals surface area contributed by atoms with E-state index >= 15 is 0 Å².